The number of hydrogen-bond donors (Lipinski definition) is 2. The highest BCUT2D eigenvalue weighted by atomic mass is 33.1. The van der Waals surface area contributed by atoms with Gasteiger partial charge in [-0.3, -0.25) is 4.57 Å². The van der Waals surface area contributed by atoms with Crippen LogP contribution in [0.15, 0.2) is 60.7 Å². The third-order valence-electron chi connectivity index (χ3n) is 2.45. The Hall–Kier alpha value is -0.670. The van der Waals surface area contributed by atoms with Crippen molar-refractivity contribution in [3.63, 3.8) is 0 Å². The van der Waals surface area contributed by atoms with Gasteiger partial charge in [-0.25, -0.2) is 0 Å². The lowest BCUT2D eigenvalue weighted by atomic mass is 10.0. The molecule has 0 amide bonds. The van der Waals surface area contributed by atoms with Crippen LogP contribution in [0.3, 0.4) is 0 Å². The lowest BCUT2D eigenvalue weighted by Crippen LogP contribution is -1.95. The fourth-order valence-corrected chi connectivity index (χ4v) is 4.94. The Labute approximate surface area is 116 Å². The zero-order valence-electron chi connectivity index (χ0n) is 9.51. The maximum atomic E-state index is 11.6. The molecule has 0 saturated carbocycles. The average molecular weight is 296 g/mol. The van der Waals surface area contributed by atoms with Gasteiger partial charge >= 0.3 is 5.77 Å². The van der Waals surface area contributed by atoms with E-state index in [2.05, 4.69) is 12.2 Å². The smallest absolute Gasteiger partial charge is 0.308 e. The van der Waals surface area contributed by atoms with E-state index in [9.17, 15) is 9.46 Å². The minimum absolute atomic E-state index is 0.180. The minimum atomic E-state index is -3.44. The molecule has 1 unspecified atom stereocenters. The average Bonchev–Trinajstić information content (AvgIpc) is 2.37. The normalized spacial score (nSPS) is 14.4. The van der Waals surface area contributed by atoms with Gasteiger partial charge in [-0.1, -0.05) is 72.9 Å². The van der Waals surface area contributed by atoms with E-state index in [1.807, 2.05) is 60.7 Å². The van der Waals surface area contributed by atoms with E-state index < -0.39 is 5.77 Å². The second-order valence-electron chi connectivity index (χ2n) is 3.80. The van der Waals surface area contributed by atoms with Crippen molar-refractivity contribution in [2.24, 2.45) is 0 Å². The minimum Gasteiger partial charge on any atom is -0.329 e. The lowest BCUT2D eigenvalue weighted by molar-refractivity contribution is 0.514. The highest BCUT2D eigenvalue weighted by Gasteiger charge is 2.23. The summed E-state index contributed by atoms with van der Waals surface area (Å²) in [6, 6.07) is 19.4. The van der Waals surface area contributed by atoms with Crippen LogP contribution in [0.2, 0.25) is 0 Å². The van der Waals surface area contributed by atoms with Gasteiger partial charge in [0.05, 0.1) is 5.25 Å². The molecule has 94 valence electrons. The molecule has 0 radical (unpaired) electrons. The summed E-state index contributed by atoms with van der Waals surface area (Å²) in [6.45, 7) is 0. The van der Waals surface area contributed by atoms with Crippen molar-refractivity contribution >= 4 is 29.4 Å². The van der Waals surface area contributed by atoms with Crippen molar-refractivity contribution in [3.8, 4) is 0 Å². The number of benzene rings is 2. The zero-order chi connectivity index (χ0) is 13.0. The van der Waals surface area contributed by atoms with Gasteiger partial charge in [0.1, 0.15) is 0 Å². The third-order valence-corrected chi connectivity index (χ3v) is 5.78. The first-order chi connectivity index (χ1) is 8.56. The fourth-order valence-electron chi connectivity index (χ4n) is 1.71. The van der Waals surface area contributed by atoms with Gasteiger partial charge < -0.3 is 4.89 Å². The van der Waals surface area contributed by atoms with E-state index in [0.29, 0.717) is 0 Å². The quantitative estimate of drug-likeness (QED) is 0.642. The van der Waals surface area contributed by atoms with Gasteiger partial charge in [0.2, 0.25) is 0 Å². The molecule has 2 rings (SSSR count). The molecule has 0 fully saturated rings. The van der Waals surface area contributed by atoms with E-state index in [1.165, 1.54) is 0 Å². The van der Waals surface area contributed by atoms with Gasteiger partial charge in [0.15, 0.2) is 0 Å². The largest absolute Gasteiger partial charge is 0.329 e. The first kappa shape index (κ1) is 13.8. The van der Waals surface area contributed by atoms with E-state index in [-0.39, 0.29) is 5.25 Å². The molecule has 1 N–H and O–H groups in total. The van der Waals surface area contributed by atoms with E-state index in [4.69, 9.17) is 0 Å². The molecule has 0 aliphatic heterocycles. The molecule has 2 aromatic rings. The Balaban J connectivity index is 2.39. The monoisotopic (exact) mass is 296 g/mol. The molecule has 0 bridgehead atoms. The molecule has 0 aliphatic rings. The maximum Gasteiger partial charge on any atom is 0.308 e. The SMILES string of the molecule is O=P(O)(S)SC(c1ccccc1)c1ccccc1. The second-order valence-corrected chi connectivity index (χ2v) is 10.0. The van der Waals surface area contributed by atoms with Crippen LogP contribution in [0.5, 0.6) is 0 Å². The summed E-state index contributed by atoms with van der Waals surface area (Å²) in [5.74, 6) is -3.44. The first-order valence-corrected chi connectivity index (χ1v) is 9.70. The topological polar surface area (TPSA) is 37.3 Å². The van der Waals surface area contributed by atoms with Crippen LogP contribution in [0.1, 0.15) is 16.4 Å². The number of rotatable bonds is 4. The van der Waals surface area contributed by atoms with E-state index >= 15 is 0 Å². The predicted octanol–water partition coefficient (Wildman–Crippen LogP) is 4.54. The molecule has 2 aromatic carbocycles. The number of hydrogen-bond acceptors (Lipinski definition) is 2. The van der Waals surface area contributed by atoms with Crippen LogP contribution in [0, 0.1) is 0 Å². The highest BCUT2D eigenvalue weighted by Crippen LogP contribution is 2.65. The lowest BCUT2D eigenvalue weighted by Gasteiger charge is -2.18. The maximum absolute atomic E-state index is 11.6. The summed E-state index contributed by atoms with van der Waals surface area (Å²) in [7, 11) is 0. The molecule has 2 nitrogen and oxygen atoms in total. The van der Waals surface area contributed by atoms with Crippen molar-refractivity contribution in [3.05, 3.63) is 71.8 Å². The molecule has 5 heteroatoms. The Morgan fingerprint density at radius 1 is 0.944 bits per heavy atom. The standard InChI is InChI=1S/C13H13O2PS2/c14-16(15,17)18-13(11-7-3-1-4-8-11)12-9-5-2-6-10-12/h1-10,13H,(H2,14,15,17). The molecule has 0 aromatic heterocycles. The van der Waals surface area contributed by atoms with Crippen molar-refractivity contribution in [1.29, 1.82) is 0 Å². The predicted molar refractivity (Wildman–Crippen MR) is 81.1 cm³/mol. The van der Waals surface area contributed by atoms with Gasteiger partial charge in [-0.15, -0.1) is 0 Å². The summed E-state index contributed by atoms with van der Waals surface area (Å²) < 4.78 is 11.6. The van der Waals surface area contributed by atoms with Gasteiger partial charge in [-0.05, 0) is 22.5 Å². The van der Waals surface area contributed by atoms with Gasteiger partial charge in [-0.2, -0.15) is 0 Å². The fraction of sp³-hybridized carbons (Fsp3) is 0.0769. The van der Waals surface area contributed by atoms with Crippen LogP contribution in [-0.2, 0) is 4.57 Å². The van der Waals surface area contributed by atoms with Crippen molar-refractivity contribution in [1.82, 2.24) is 0 Å². The highest BCUT2D eigenvalue weighted by molar-refractivity contribution is 8.84. The zero-order valence-corrected chi connectivity index (χ0v) is 12.1. The van der Waals surface area contributed by atoms with Crippen LogP contribution < -0.4 is 0 Å². The molecule has 0 spiro atoms. The Morgan fingerprint density at radius 2 is 1.33 bits per heavy atom. The molecule has 0 saturated heterocycles. The van der Waals surface area contributed by atoms with Crippen molar-refractivity contribution in [2.75, 3.05) is 0 Å². The van der Waals surface area contributed by atoms with Crippen LogP contribution in [-0.4, -0.2) is 4.89 Å². The van der Waals surface area contributed by atoms with Crippen LogP contribution in [0.25, 0.3) is 0 Å². The molecule has 1 atom stereocenters. The number of thiol groups is 1. The molecular weight excluding hydrogens is 283 g/mol. The van der Waals surface area contributed by atoms with Gasteiger partial charge in [0, 0.05) is 0 Å². The van der Waals surface area contributed by atoms with Crippen LogP contribution in [0.4, 0.5) is 0 Å². The summed E-state index contributed by atoms with van der Waals surface area (Å²) in [6.07, 6.45) is 0. The summed E-state index contributed by atoms with van der Waals surface area (Å²) in [5, 5.41) is -0.180. The Kier molecular flexibility index (Phi) is 4.57. The second kappa shape index (κ2) is 5.98. The molecule has 0 aliphatic carbocycles. The molecule has 0 heterocycles. The molecule has 18 heavy (non-hydrogen) atoms. The van der Waals surface area contributed by atoms with E-state index in [0.717, 1.165) is 22.5 Å². The Bertz CT molecular complexity index is 500. The van der Waals surface area contributed by atoms with Crippen molar-refractivity contribution < 1.29 is 9.46 Å². The molecular formula is C13H13O2PS2. The summed E-state index contributed by atoms with van der Waals surface area (Å²) >= 11 is 4.75. The van der Waals surface area contributed by atoms with E-state index in [1.54, 1.807) is 0 Å². The summed E-state index contributed by atoms with van der Waals surface area (Å²) in [5.41, 5.74) is 1.99. The van der Waals surface area contributed by atoms with Crippen LogP contribution >= 0.6 is 29.4 Å². The Morgan fingerprint density at radius 3 is 1.67 bits per heavy atom. The van der Waals surface area contributed by atoms with Gasteiger partial charge in [0.25, 0.3) is 0 Å². The van der Waals surface area contributed by atoms with Crippen molar-refractivity contribution in [2.45, 2.75) is 5.25 Å². The summed E-state index contributed by atoms with van der Waals surface area (Å²) in [4.78, 5) is 9.49. The first-order valence-electron chi connectivity index (χ1n) is 5.40. The third kappa shape index (κ3) is 3.92.